The van der Waals surface area contributed by atoms with Crippen LogP contribution in [0.5, 0.6) is 0 Å². The number of carboxylic acid groups (broad SMARTS) is 1. The zero-order valence-electron chi connectivity index (χ0n) is 4.50. The number of carboxylic acids is 1. The second kappa shape index (κ2) is 3.36. The first-order chi connectivity index (χ1) is 3.66. The minimum Gasteiger partial charge on any atom is -0.614 e. The first kappa shape index (κ1) is 7.35. The van der Waals surface area contributed by atoms with Gasteiger partial charge in [0, 0.05) is 7.05 Å². The van der Waals surface area contributed by atoms with E-state index in [0.717, 1.165) is 5.01 Å². The van der Waals surface area contributed by atoms with Gasteiger partial charge in [0.15, 0.2) is 0 Å². The Kier molecular flexibility index (Phi) is 3.09. The van der Waals surface area contributed by atoms with Crippen molar-refractivity contribution in [3.8, 4) is 0 Å². The molecule has 8 heavy (non-hydrogen) atoms. The van der Waals surface area contributed by atoms with Crippen molar-refractivity contribution < 1.29 is 15.5 Å². The van der Waals surface area contributed by atoms with Crippen LogP contribution in [-0.4, -0.2) is 29.7 Å². The molecule has 0 aliphatic carbocycles. The van der Waals surface area contributed by atoms with Crippen molar-refractivity contribution in [1.29, 1.82) is 0 Å². The van der Waals surface area contributed by atoms with Gasteiger partial charge < -0.3 is 15.9 Å². The van der Waals surface area contributed by atoms with Gasteiger partial charge in [0.05, 0.1) is 0 Å². The van der Waals surface area contributed by atoms with Crippen LogP contribution < -0.4 is 5.59 Å². The maximum atomic E-state index is 9.77. The predicted molar refractivity (Wildman–Crippen MR) is 25.6 cm³/mol. The Morgan fingerprint density at radius 1 is 2.00 bits per heavy atom. The van der Waals surface area contributed by atoms with Gasteiger partial charge >= 0.3 is 5.97 Å². The lowest BCUT2D eigenvalue weighted by Gasteiger charge is -2.11. The van der Waals surface area contributed by atoms with Crippen LogP contribution in [0.2, 0.25) is 0 Å². The summed E-state index contributed by atoms with van der Waals surface area (Å²) >= 11 is 0. The normalized spacial score (nSPS) is 9.88. The van der Waals surface area contributed by atoms with Crippen molar-refractivity contribution in [2.75, 3.05) is 13.6 Å². The number of rotatable bonds is 3. The number of carbonyl (C=O) groups is 1. The van der Waals surface area contributed by atoms with E-state index in [1.165, 1.54) is 7.05 Å². The van der Waals surface area contributed by atoms with Gasteiger partial charge in [0.25, 0.3) is 0 Å². The first-order valence-corrected chi connectivity index (χ1v) is 2.04. The van der Waals surface area contributed by atoms with Gasteiger partial charge in [-0.05, 0) is 0 Å². The van der Waals surface area contributed by atoms with Crippen LogP contribution in [0.15, 0.2) is 0 Å². The van der Waals surface area contributed by atoms with Crippen molar-refractivity contribution in [2.45, 2.75) is 0 Å². The molecular formula is C3H8N2O3. The van der Waals surface area contributed by atoms with E-state index in [4.69, 9.17) is 5.11 Å². The highest BCUT2D eigenvalue weighted by atomic mass is 16.5. The second-order valence-corrected chi connectivity index (χ2v) is 1.41. The van der Waals surface area contributed by atoms with Gasteiger partial charge in [0.2, 0.25) is 0 Å². The molecule has 0 saturated heterocycles. The largest absolute Gasteiger partial charge is 0.614 e. The molecule has 0 fully saturated rings. The minimum absolute atomic E-state index is 0.233. The van der Waals surface area contributed by atoms with Gasteiger partial charge in [-0.1, -0.05) is 0 Å². The molecule has 5 heteroatoms. The summed E-state index contributed by atoms with van der Waals surface area (Å²) in [7, 11) is 1.40. The molecule has 0 heterocycles. The summed E-state index contributed by atoms with van der Waals surface area (Å²) < 4.78 is 0. The number of quaternary nitrogens is 1. The maximum Gasteiger partial charge on any atom is 0.323 e. The summed E-state index contributed by atoms with van der Waals surface area (Å²) in [5.41, 5.74) is 0.466. The van der Waals surface area contributed by atoms with E-state index in [-0.39, 0.29) is 6.54 Å². The van der Waals surface area contributed by atoms with Crippen LogP contribution >= 0.6 is 0 Å². The van der Waals surface area contributed by atoms with Crippen molar-refractivity contribution in [2.24, 2.45) is 0 Å². The van der Waals surface area contributed by atoms with Crippen molar-refractivity contribution in [3.63, 3.8) is 0 Å². The molecule has 0 unspecified atom stereocenters. The van der Waals surface area contributed by atoms with Gasteiger partial charge in [-0.15, -0.1) is 0 Å². The fraction of sp³-hybridized carbons (Fsp3) is 0.667. The number of likely N-dealkylation sites (N-methyl/N-ethyl adjacent to an activating group) is 1. The minimum atomic E-state index is -1.00. The summed E-state index contributed by atoms with van der Waals surface area (Å²) in [4.78, 5) is 9.77. The van der Waals surface area contributed by atoms with Crippen molar-refractivity contribution in [3.05, 3.63) is 5.21 Å². The van der Waals surface area contributed by atoms with E-state index in [1.54, 1.807) is 0 Å². The molecule has 0 rings (SSSR count). The molecular weight excluding hydrogens is 112 g/mol. The lowest BCUT2D eigenvalue weighted by atomic mass is 10.7. The smallest absolute Gasteiger partial charge is 0.323 e. The predicted octanol–water partition coefficient (Wildman–Crippen LogP) is -2.02. The van der Waals surface area contributed by atoms with Crippen LogP contribution in [0.1, 0.15) is 0 Å². The Morgan fingerprint density at radius 3 is 2.62 bits per heavy atom. The Balaban J connectivity index is 3.24. The molecule has 0 aromatic heterocycles. The fourth-order valence-corrected chi connectivity index (χ4v) is 0.251. The van der Waals surface area contributed by atoms with Gasteiger partial charge in [-0.3, -0.25) is 4.79 Å². The Morgan fingerprint density at radius 2 is 2.50 bits per heavy atom. The maximum absolute atomic E-state index is 9.77. The zero-order valence-corrected chi connectivity index (χ0v) is 4.50. The Labute approximate surface area is 46.5 Å². The highest BCUT2D eigenvalue weighted by Crippen LogP contribution is 1.64. The average molecular weight is 120 g/mol. The lowest BCUT2D eigenvalue weighted by molar-refractivity contribution is -0.744. The third kappa shape index (κ3) is 3.54. The van der Waals surface area contributed by atoms with E-state index in [1.807, 2.05) is 0 Å². The van der Waals surface area contributed by atoms with Crippen LogP contribution in [0, 0.1) is 5.21 Å². The summed E-state index contributed by atoms with van der Waals surface area (Å²) in [6, 6.07) is 0. The lowest BCUT2D eigenvalue weighted by Crippen LogP contribution is -2.87. The molecule has 0 radical (unpaired) electrons. The quantitative estimate of drug-likeness (QED) is 0.333. The topological polar surface area (TPSA) is 80.2 Å². The molecule has 48 valence electrons. The fourth-order valence-electron chi connectivity index (χ4n) is 0.251. The molecule has 5 nitrogen and oxygen atoms in total. The molecule has 0 bridgehead atoms. The third-order valence-electron chi connectivity index (χ3n) is 0.565. The summed E-state index contributed by atoms with van der Waals surface area (Å²) in [6.07, 6.45) is 0. The van der Waals surface area contributed by atoms with Crippen molar-refractivity contribution >= 4 is 5.97 Å². The number of nitrogens with zero attached hydrogens (tertiary/aromatic N) is 1. The molecule has 0 spiro atoms. The van der Waals surface area contributed by atoms with E-state index in [9.17, 15) is 10.0 Å². The van der Waals surface area contributed by atoms with Crippen LogP contribution in [0.3, 0.4) is 0 Å². The molecule has 3 N–H and O–H groups in total. The standard InChI is InChI=1S/C3H8N2O3/c1-5(4-8)2-3(6)7/h2,4H2,1H3,(H,6,7). The SMILES string of the molecule is CN(CC(=O)O)[NH2+][O-]. The molecule has 0 atom stereocenters. The summed E-state index contributed by atoms with van der Waals surface area (Å²) in [5, 5.41) is 18.8. The summed E-state index contributed by atoms with van der Waals surface area (Å²) in [5.74, 6) is -1.00. The van der Waals surface area contributed by atoms with E-state index < -0.39 is 5.97 Å². The van der Waals surface area contributed by atoms with E-state index in [0.29, 0.717) is 5.59 Å². The highest BCUT2D eigenvalue weighted by molar-refractivity contribution is 5.68. The monoisotopic (exact) mass is 120 g/mol. The van der Waals surface area contributed by atoms with Crippen LogP contribution in [-0.2, 0) is 4.79 Å². The van der Waals surface area contributed by atoms with Gasteiger partial charge in [0.1, 0.15) is 6.54 Å². The van der Waals surface area contributed by atoms with E-state index in [2.05, 4.69) is 0 Å². The van der Waals surface area contributed by atoms with E-state index >= 15 is 0 Å². The number of hydrogen-bond donors (Lipinski definition) is 2. The van der Waals surface area contributed by atoms with Gasteiger partial charge in [-0.25, -0.2) is 0 Å². The average Bonchev–Trinajstić information content (AvgIpc) is 1.65. The highest BCUT2D eigenvalue weighted by Gasteiger charge is 2.00. The van der Waals surface area contributed by atoms with Crippen LogP contribution in [0.25, 0.3) is 0 Å². The van der Waals surface area contributed by atoms with Crippen LogP contribution in [0.4, 0.5) is 0 Å². The third-order valence-corrected chi connectivity index (χ3v) is 0.565. The number of hydrogen-bond acceptors (Lipinski definition) is 3. The Hall–Kier alpha value is -0.650. The first-order valence-electron chi connectivity index (χ1n) is 2.04. The Bertz CT molecular complexity index is 84.6. The molecule has 0 saturated carbocycles. The molecule has 0 aromatic carbocycles. The zero-order chi connectivity index (χ0) is 6.57. The molecule has 0 aromatic rings. The number of nitrogens with two attached hydrogens (primary N) is 1. The number of aliphatic carboxylic acids is 1. The summed E-state index contributed by atoms with van der Waals surface area (Å²) in [6.45, 7) is -0.233. The van der Waals surface area contributed by atoms with Crippen molar-refractivity contribution in [1.82, 2.24) is 5.01 Å². The molecule has 0 aliphatic rings. The van der Waals surface area contributed by atoms with Gasteiger partial charge in [-0.2, -0.15) is 5.01 Å². The molecule has 0 aliphatic heterocycles. The molecule has 0 amide bonds. The second-order valence-electron chi connectivity index (χ2n) is 1.41.